The highest BCUT2D eigenvalue weighted by molar-refractivity contribution is 5.96. The van der Waals surface area contributed by atoms with Crippen LogP contribution in [0.25, 0.3) is 0 Å². The first-order valence-corrected chi connectivity index (χ1v) is 5.79. The fourth-order valence-corrected chi connectivity index (χ4v) is 1.60. The Morgan fingerprint density at radius 1 is 1.47 bits per heavy atom. The Hall–Kier alpha value is -1.61. The first kappa shape index (κ1) is 13.5. The van der Waals surface area contributed by atoms with E-state index in [1.54, 1.807) is 17.9 Å². The average molecular weight is 233 g/mol. The molecule has 92 valence electrons. The highest BCUT2D eigenvalue weighted by atomic mass is 16.5. The van der Waals surface area contributed by atoms with Crippen molar-refractivity contribution in [3.63, 3.8) is 0 Å². The number of carbonyl (C=O) groups excluding carboxylic acids is 1. The molecule has 0 aliphatic heterocycles. The van der Waals surface area contributed by atoms with Gasteiger partial charge in [-0.2, -0.15) is 0 Å². The van der Waals surface area contributed by atoms with Crippen molar-refractivity contribution in [1.82, 2.24) is 0 Å². The van der Waals surface area contributed by atoms with Gasteiger partial charge in [0.25, 0.3) is 5.91 Å². The summed E-state index contributed by atoms with van der Waals surface area (Å²) in [4.78, 5) is 13.9. The van der Waals surface area contributed by atoms with Gasteiger partial charge in [-0.15, -0.1) is 6.58 Å². The van der Waals surface area contributed by atoms with Gasteiger partial charge in [0, 0.05) is 18.8 Å². The maximum atomic E-state index is 12.2. The number of rotatable bonds is 6. The molecule has 0 fully saturated rings. The lowest BCUT2D eigenvalue weighted by Gasteiger charge is -2.24. The van der Waals surface area contributed by atoms with E-state index in [9.17, 15) is 4.79 Å². The lowest BCUT2D eigenvalue weighted by molar-refractivity contribution is -0.128. The summed E-state index contributed by atoms with van der Waals surface area (Å²) in [5, 5.41) is 0. The summed E-state index contributed by atoms with van der Waals surface area (Å²) < 4.78 is 5.33. The van der Waals surface area contributed by atoms with Crippen molar-refractivity contribution in [3.8, 4) is 0 Å². The molecule has 0 aliphatic carbocycles. The Kier molecular flexibility index (Phi) is 5.43. The molecule has 0 heterocycles. The van der Waals surface area contributed by atoms with Crippen LogP contribution in [-0.4, -0.2) is 25.2 Å². The highest BCUT2D eigenvalue weighted by Gasteiger charge is 2.20. The fourth-order valence-electron chi connectivity index (χ4n) is 1.60. The van der Waals surface area contributed by atoms with E-state index in [4.69, 9.17) is 4.74 Å². The second-order valence-electron chi connectivity index (χ2n) is 3.67. The van der Waals surface area contributed by atoms with Gasteiger partial charge in [-0.3, -0.25) is 4.79 Å². The van der Waals surface area contributed by atoms with E-state index in [-0.39, 0.29) is 5.91 Å². The number of hydrogen-bond acceptors (Lipinski definition) is 2. The zero-order chi connectivity index (χ0) is 12.7. The molecule has 1 atom stereocenters. The number of para-hydroxylation sites is 1. The zero-order valence-corrected chi connectivity index (χ0v) is 10.4. The molecule has 0 saturated carbocycles. The molecule has 17 heavy (non-hydrogen) atoms. The van der Waals surface area contributed by atoms with Crippen LogP contribution in [0.15, 0.2) is 43.0 Å². The molecule has 1 unspecified atom stereocenters. The lowest BCUT2D eigenvalue weighted by Crippen LogP contribution is -2.39. The van der Waals surface area contributed by atoms with Gasteiger partial charge >= 0.3 is 0 Å². The largest absolute Gasteiger partial charge is 0.369 e. The molecule has 1 amide bonds. The Morgan fingerprint density at radius 2 is 2.12 bits per heavy atom. The summed E-state index contributed by atoms with van der Waals surface area (Å²) in [6.07, 6.45) is 1.28. The van der Waals surface area contributed by atoms with Gasteiger partial charge in [0.15, 0.2) is 0 Å². The van der Waals surface area contributed by atoms with Gasteiger partial charge in [0.1, 0.15) is 6.10 Å². The summed E-state index contributed by atoms with van der Waals surface area (Å²) in [5.41, 5.74) is 0.865. The SMILES string of the molecule is C=CCN(C(=O)C(C)OCC)c1ccccc1. The molecule has 0 spiro atoms. The normalized spacial score (nSPS) is 11.9. The van der Waals surface area contributed by atoms with Crippen molar-refractivity contribution < 1.29 is 9.53 Å². The maximum absolute atomic E-state index is 12.2. The number of hydrogen-bond donors (Lipinski definition) is 0. The quantitative estimate of drug-likeness (QED) is 0.707. The van der Waals surface area contributed by atoms with Crippen molar-refractivity contribution in [3.05, 3.63) is 43.0 Å². The topological polar surface area (TPSA) is 29.5 Å². The number of ether oxygens (including phenoxy) is 1. The van der Waals surface area contributed by atoms with Gasteiger partial charge in [-0.25, -0.2) is 0 Å². The zero-order valence-electron chi connectivity index (χ0n) is 10.4. The summed E-state index contributed by atoms with van der Waals surface area (Å²) in [7, 11) is 0. The van der Waals surface area contributed by atoms with E-state index in [2.05, 4.69) is 6.58 Å². The molecule has 3 nitrogen and oxygen atoms in total. The molecule has 0 aliphatic rings. The number of nitrogens with zero attached hydrogens (tertiary/aromatic N) is 1. The Morgan fingerprint density at radius 3 is 2.65 bits per heavy atom. The van der Waals surface area contributed by atoms with Gasteiger partial charge in [0.05, 0.1) is 0 Å². The van der Waals surface area contributed by atoms with Crippen LogP contribution >= 0.6 is 0 Å². The number of amides is 1. The van der Waals surface area contributed by atoms with Crippen LogP contribution in [0, 0.1) is 0 Å². The van der Waals surface area contributed by atoms with Crippen LogP contribution in [-0.2, 0) is 9.53 Å². The molecular formula is C14H19NO2. The van der Waals surface area contributed by atoms with E-state index in [0.717, 1.165) is 5.69 Å². The maximum Gasteiger partial charge on any atom is 0.256 e. The molecule has 1 aromatic carbocycles. The van der Waals surface area contributed by atoms with E-state index >= 15 is 0 Å². The monoisotopic (exact) mass is 233 g/mol. The third-order valence-electron chi connectivity index (χ3n) is 2.41. The van der Waals surface area contributed by atoms with Crippen LogP contribution in [0.4, 0.5) is 5.69 Å². The first-order chi connectivity index (χ1) is 8.20. The average Bonchev–Trinajstić information content (AvgIpc) is 2.36. The van der Waals surface area contributed by atoms with Crippen LogP contribution in [0.2, 0.25) is 0 Å². The van der Waals surface area contributed by atoms with Crippen molar-refractivity contribution >= 4 is 11.6 Å². The fraction of sp³-hybridized carbons (Fsp3) is 0.357. The van der Waals surface area contributed by atoms with Crippen LogP contribution in [0.5, 0.6) is 0 Å². The Balaban J connectivity index is 2.86. The van der Waals surface area contributed by atoms with Crippen LogP contribution < -0.4 is 4.90 Å². The summed E-state index contributed by atoms with van der Waals surface area (Å²) in [6, 6.07) is 9.54. The van der Waals surface area contributed by atoms with Crippen LogP contribution in [0.1, 0.15) is 13.8 Å². The standard InChI is InChI=1S/C14H19NO2/c1-4-11-15(13-9-7-6-8-10-13)14(16)12(3)17-5-2/h4,6-10,12H,1,5,11H2,2-3H3. The van der Waals surface area contributed by atoms with Crippen molar-refractivity contribution in [2.24, 2.45) is 0 Å². The van der Waals surface area contributed by atoms with Gasteiger partial charge in [-0.05, 0) is 26.0 Å². The van der Waals surface area contributed by atoms with Gasteiger partial charge < -0.3 is 9.64 Å². The second kappa shape index (κ2) is 6.86. The number of benzene rings is 1. The summed E-state index contributed by atoms with van der Waals surface area (Å²) >= 11 is 0. The van der Waals surface area contributed by atoms with E-state index in [0.29, 0.717) is 13.2 Å². The molecule has 1 aromatic rings. The number of carbonyl (C=O) groups is 1. The minimum Gasteiger partial charge on any atom is -0.369 e. The molecule has 0 N–H and O–H groups in total. The molecule has 0 saturated heterocycles. The predicted molar refractivity (Wildman–Crippen MR) is 70.1 cm³/mol. The lowest BCUT2D eigenvalue weighted by atomic mass is 10.2. The molecule has 3 heteroatoms. The molecule has 0 aromatic heterocycles. The number of anilines is 1. The smallest absolute Gasteiger partial charge is 0.256 e. The third-order valence-corrected chi connectivity index (χ3v) is 2.41. The Bertz CT molecular complexity index is 362. The van der Waals surface area contributed by atoms with Crippen molar-refractivity contribution in [1.29, 1.82) is 0 Å². The van der Waals surface area contributed by atoms with Crippen molar-refractivity contribution in [2.45, 2.75) is 20.0 Å². The summed E-state index contributed by atoms with van der Waals surface area (Å²) in [6.45, 7) is 8.34. The van der Waals surface area contributed by atoms with Crippen LogP contribution in [0.3, 0.4) is 0 Å². The molecule has 0 bridgehead atoms. The third kappa shape index (κ3) is 3.71. The molecular weight excluding hydrogens is 214 g/mol. The second-order valence-corrected chi connectivity index (χ2v) is 3.67. The summed E-state index contributed by atoms with van der Waals surface area (Å²) in [5.74, 6) is -0.0436. The first-order valence-electron chi connectivity index (χ1n) is 5.79. The van der Waals surface area contributed by atoms with Gasteiger partial charge in [0.2, 0.25) is 0 Å². The minimum absolute atomic E-state index is 0.0436. The van der Waals surface area contributed by atoms with Crippen molar-refractivity contribution in [2.75, 3.05) is 18.1 Å². The predicted octanol–water partition coefficient (Wildman–Crippen LogP) is 2.63. The minimum atomic E-state index is -0.430. The van der Waals surface area contributed by atoms with Gasteiger partial charge in [-0.1, -0.05) is 24.3 Å². The van der Waals surface area contributed by atoms with E-state index < -0.39 is 6.10 Å². The van der Waals surface area contributed by atoms with E-state index in [1.807, 2.05) is 37.3 Å². The van der Waals surface area contributed by atoms with E-state index in [1.165, 1.54) is 0 Å². The molecule has 1 rings (SSSR count). The molecule has 0 radical (unpaired) electrons. The Labute approximate surface area is 103 Å². The highest BCUT2D eigenvalue weighted by Crippen LogP contribution is 2.15.